The Morgan fingerprint density at radius 1 is 1.26 bits per heavy atom. The van der Waals surface area contributed by atoms with Gasteiger partial charge in [-0.05, 0) is 20.8 Å². The third-order valence-corrected chi connectivity index (χ3v) is 3.41. The molecule has 0 saturated carbocycles. The molecular formula is C15H24N6O2. The van der Waals surface area contributed by atoms with E-state index in [2.05, 4.69) is 34.7 Å². The molecule has 0 fully saturated rings. The number of aromatic nitrogens is 4. The molecule has 0 bridgehead atoms. The first-order valence-corrected chi connectivity index (χ1v) is 7.70. The number of carbonyl (C=O) groups excluding carboxylic acids is 1. The molecule has 126 valence electrons. The Balaban J connectivity index is 1.91. The van der Waals surface area contributed by atoms with Gasteiger partial charge < -0.3 is 15.7 Å². The van der Waals surface area contributed by atoms with E-state index in [4.69, 9.17) is 5.11 Å². The van der Waals surface area contributed by atoms with Gasteiger partial charge in [0, 0.05) is 30.5 Å². The molecule has 8 nitrogen and oxygen atoms in total. The summed E-state index contributed by atoms with van der Waals surface area (Å²) in [4.78, 5) is 11.6. The van der Waals surface area contributed by atoms with Crippen molar-refractivity contribution in [3.05, 3.63) is 30.4 Å². The van der Waals surface area contributed by atoms with E-state index < -0.39 is 0 Å². The predicted octanol–water partition coefficient (Wildman–Crippen LogP) is 0.942. The van der Waals surface area contributed by atoms with Crippen LogP contribution in [-0.4, -0.2) is 43.7 Å². The SMILES string of the molecule is CC(Nc1cnn(CC(=O)NCCO)c1)c1cnn(C(C)C)c1. The molecule has 0 aliphatic heterocycles. The van der Waals surface area contributed by atoms with Crippen LogP contribution in [0.1, 0.15) is 38.4 Å². The monoisotopic (exact) mass is 320 g/mol. The highest BCUT2D eigenvalue weighted by atomic mass is 16.3. The quantitative estimate of drug-likeness (QED) is 0.672. The number of rotatable bonds is 8. The van der Waals surface area contributed by atoms with Gasteiger partial charge in [-0.1, -0.05) is 0 Å². The summed E-state index contributed by atoms with van der Waals surface area (Å²) in [6, 6.07) is 0.416. The second kappa shape index (κ2) is 7.77. The highest BCUT2D eigenvalue weighted by Gasteiger charge is 2.11. The average Bonchev–Trinajstić information content (AvgIpc) is 3.14. The Morgan fingerprint density at radius 3 is 2.70 bits per heavy atom. The zero-order chi connectivity index (χ0) is 16.8. The van der Waals surface area contributed by atoms with Gasteiger partial charge in [-0.15, -0.1) is 0 Å². The Bertz CT molecular complexity index is 633. The summed E-state index contributed by atoms with van der Waals surface area (Å²) in [7, 11) is 0. The zero-order valence-corrected chi connectivity index (χ0v) is 13.7. The molecule has 2 heterocycles. The fraction of sp³-hybridized carbons (Fsp3) is 0.533. The van der Waals surface area contributed by atoms with Crippen molar-refractivity contribution in [3.8, 4) is 0 Å². The number of aliphatic hydroxyl groups excluding tert-OH is 1. The van der Waals surface area contributed by atoms with Gasteiger partial charge in [0.1, 0.15) is 6.54 Å². The fourth-order valence-corrected chi connectivity index (χ4v) is 2.12. The molecule has 0 spiro atoms. The van der Waals surface area contributed by atoms with Crippen molar-refractivity contribution in [2.45, 2.75) is 39.4 Å². The van der Waals surface area contributed by atoms with Gasteiger partial charge in [-0.3, -0.25) is 14.2 Å². The molecule has 0 aliphatic carbocycles. The number of anilines is 1. The summed E-state index contributed by atoms with van der Waals surface area (Å²) < 4.78 is 3.47. The first kappa shape index (κ1) is 17.0. The molecule has 3 N–H and O–H groups in total. The third kappa shape index (κ3) is 4.82. The first-order valence-electron chi connectivity index (χ1n) is 7.70. The standard InChI is InChI=1S/C15H24N6O2/c1-11(2)21-8-13(6-18-21)12(3)19-14-7-17-20(9-14)10-15(23)16-4-5-22/h6-9,11-12,19,22H,4-5,10H2,1-3H3,(H,16,23). The minimum absolute atomic E-state index is 0.0702. The molecule has 1 amide bonds. The average molecular weight is 320 g/mol. The molecule has 0 saturated heterocycles. The Kier molecular flexibility index (Phi) is 5.75. The van der Waals surface area contributed by atoms with E-state index in [1.807, 2.05) is 24.0 Å². The van der Waals surface area contributed by atoms with Crippen LogP contribution in [0.3, 0.4) is 0 Å². The molecule has 2 aromatic rings. The van der Waals surface area contributed by atoms with Gasteiger partial charge in [0.2, 0.25) is 5.91 Å². The Morgan fingerprint density at radius 2 is 2.04 bits per heavy atom. The summed E-state index contributed by atoms with van der Waals surface area (Å²) in [5, 5.41) is 23.1. The summed E-state index contributed by atoms with van der Waals surface area (Å²) in [6.45, 7) is 6.52. The molecule has 2 aromatic heterocycles. The number of aliphatic hydroxyl groups is 1. The van der Waals surface area contributed by atoms with Crippen molar-refractivity contribution >= 4 is 11.6 Å². The van der Waals surface area contributed by atoms with Crippen molar-refractivity contribution in [1.82, 2.24) is 24.9 Å². The normalized spacial score (nSPS) is 12.4. The van der Waals surface area contributed by atoms with Crippen LogP contribution in [0.4, 0.5) is 5.69 Å². The number of nitrogens with zero attached hydrogens (tertiary/aromatic N) is 4. The Labute approximate surface area is 135 Å². The van der Waals surface area contributed by atoms with Gasteiger partial charge in [-0.25, -0.2) is 0 Å². The maximum absolute atomic E-state index is 11.6. The smallest absolute Gasteiger partial charge is 0.241 e. The lowest BCUT2D eigenvalue weighted by atomic mass is 10.2. The molecule has 1 unspecified atom stereocenters. The fourth-order valence-electron chi connectivity index (χ4n) is 2.12. The van der Waals surface area contributed by atoms with Crippen LogP contribution in [0.2, 0.25) is 0 Å². The highest BCUT2D eigenvalue weighted by molar-refractivity contribution is 5.75. The molecular weight excluding hydrogens is 296 g/mol. The van der Waals surface area contributed by atoms with Gasteiger partial charge in [0.05, 0.1) is 30.7 Å². The van der Waals surface area contributed by atoms with Crippen LogP contribution < -0.4 is 10.6 Å². The van der Waals surface area contributed by atoms with Crippen LogP contribution in [0.5, 0.6) is 0 Å². The van der Waals surface area contributed by atoms with Crippen LogP contribution >= 0.6 is 0 Å². The minimum Gasteiger partial charge on any atom is -0.395 e. The molecule has 0 aromatic carbocycles. The van der Waals surface area contributed by atoms with Crippen molar-refractivity contribution in [1.29, 1.82) is 0 Å². The van der Waals surface area contributed by atoms with Gasteiger partial charge in [0.15, 0.2) is 0 Å². The number of hydrogen-bond acceptors (Lipinski definition) is 5. The molecule has 2 rings (SSSR count). The van der Waals surface area contributed by atoms with Gasteiger partial charge in [0.25, 0.3) is 0 Å². The molecule has 0 aliphatic rings. The lowest BCUT2D eigenvalue weighted by Crippen LogP contribution is -2.30. The van der Waals surface area contributed by atoms with Crippen LogP contribution in [0.25, 0.3) is 0 Å². The van der Waals surface area contributed by atoms with Gasteiger partial charge >= 0.3 is 0 Å². The van der Waals surface area contributed by atoms with Crippen molar-refractivity contribution in [2.24, 2.45) is 0 Å². The maximum Gasteiger partial charge on any atom is 0.241 e. The van der Waals surface area contributed by atoms with E-state index >= 15 is 0 Å². The summed E-state index contributed by atoms with van der Waals surface area (Å²) >= 11 is 0. The number of nitrogens with one attached hydrogen (secondary N) is 2. The maximum atomic E-state index is 11.6. The van der Waals surface area contributed by atoms with Crippen molar-refractivity contribution < 1.29 is 9.90 Å². The van der Waals surface area contributed by atoms with E-state index in [1.54, 1.807) is 17.1 Å². The number of carbonyl (C=O) groups is 1. The topological polar surface area (TPSA) is 97.0 Å². The van der Waals surface area contributed by atoms with Crippen LogP contribution in [-0.2, 0) is 11.3 Å². The van der Waals surface area contributed by atoms with Crippen molar-refractivity contribution in [2.75, 3.05) is 18.5 Å². The Hall–Kier alpha value is -2.35. The van der Waals surface area contributed by atoms with Crippen LogP contribution in [0.15, 0.2) is 24.8 Å². The van der Waals surface area contributed by atoms with E-state index in [9.17, 15) is 4.79 Å². The van der Waals surface area contributed by atoms with E-state index in [0.717, 1.165) is 11.3 Å². The third-order valence-electron chi connectivity index (χ3n) is 3.41. The lowest BCUT2D eigenvalue weighted by Gasteiger charge is -2.11. The number of hydrogen-bond donors (Lipinski definition) is 3. The molecule has 23 heavy (non-hydrogen) atoms. The second-order valence-corrected chi connectivity index (χ2v) is 5.71. The van der Waals surface area contributed by atoms with Crippen LogP contribution in [0, 0.1) is 0 Å². The van der Waals surface area contributed by atoms with Crippen molar-refractivity contribution in [3.63, 3.8) is 0 Å². The summed E-state index contributed by atoms with van der Waals surface area (Å²) in [5.74, 6) is -0.181. The second-order valence-electron chi connectivity index (χ2n) is 5.71. The highest BCUT2D eigenvalue weighted by Crippen LogP contribution is 2.19. The largest absolute Gasteiger partial charge is 0.395 e. The summed E-state index contributed by atoms with van der Waals surface area (Å²) in [5.41, 5.74) is 1.93. The molecule has 8 heteroatoms. The van der Waals surface area contributed by atoms with E-state index in [-0.39, 0.29) is 31.6 Å². The minimum atomic E-state index is -0.181. The molecule has 1 atom stereocenters. The predicted molar refractivity (Wildman–Crippen MR) is 87.0 cm³/mol. The molecule has 0 radical (unpaired) electrons. The van der Waals surface area contributed by atoms with Gasteiger partial charge in [-0.2, -0.15) is 10.2 Å². The first-order chi connectivity index (χ1) is 11.0. The zero-order valence-electron chi connectivity index (χ0n) is 13.7. The van der Waals surface area contributed by atoms with E-state index in [1.165, 1.54) is 0 Å². The summed E-state index contributed by atoms with van der Waals surface area (Å²) in [6.07, 6.45) is 7.34. The number of amides is 1. The van der Waals surface area contributed by atoms with E-state index in [0.29, 0.717) is 6.04 Å². The lowest BCUT2D eigenvalue weighted by molar-refractivity contribution is -0.122.